The van der Waals surface area contributed by atoms with Gasteiger partial charge >= 0.3 is 0 Å². The van der Waals surface area contributed by atoms with E-state index in [9.17, 15) is 13.5 Å². The number of hydrogen-bond acceptors (Lipinski definition) is 4. The van der Waals surface area contributed by atoms with E-state index in [0.717, 1.165) is 0 Å². The number of sulfonamides is 1. The summed E-state index contributed by atoms with van der Waals surface area (Å²) in [5.41, 5.74) is 0.699. The van der Waals surface area contributed by atoms with Crippen LogP contribution in [0, 0.1) is 6.92 Å². The summed E-state index contributed by atoms with van der Waals surface area (Å²) in [6.07, 6.45) is 1.25. The van der Waals surface area contributed by atoms with Gasteiger partial charge in [-0.05, 0) is 12.5 Å². The second-order valence-electron chi connectivity index (χ2n) is 4.10. The van der Waals surface area contributed by atoms with Crippen LogP contribution in [0.3, 0.4) is 0 Å². The molecule has 0 radical (unpaired) electrons. The highest BCUT2D eigenvalue weighted by Gasteiger charge is 2.22. The van der Waals surface area contributed by atoms with Crippen LogP contribution in [0.4, 0.5) is 0 Å². The lowest BCUT2D eigenvalue weighted by Gasteiger charge is -2.15. The monoisotopic (exact) mass is 281 g/mol. The maximum absolute atomic E-state index is 12.1. The average Bonchev–Trinajstić information content (AvgIpc) is 2.85. The quantitative estimate of drug-likeness (QED) is 0.753. The number of rotatable bonds is 5. The minimum absolute atomic E-state index is 0.0145. The summed E-state index contributed by atoms with van der Waals surface area (Å²) < 4.78 is 26.6. The largest absolute Gasteiger partial charge is 0.394 e. The molecular weight excluding hydrogens is 266 g/mol. The highest BCUT2D eigenvalue weighted by atomic mass is 32.2. The van der Waals surface area contributed by atoms with E-state index in [1.807, 2.05) is 6.07 Å². The summed E-state index contributed by atoms with van der Waals surface area (Å²) in [5.74, 6) is 0.514. The van der Waals surface area contributed by atoms with Crippen molar-refractivity contribution in [1.29, 1.82) is 0 Å². The van der Waals surface area contributed by atoms with E-state index in [2.05, 4.69) is 14.7 Å². The molecule has 1 atom stereocenters. The molecule has 0 aliphatic carbocycles. The third kappa shape index (κ3) is 3.19. The van der Waals surface area contributed by atoms with Crippen LogP contribution in [-0.2, 0) is 10.0 Å². The molecule has 19 heavy (non-hydrogen) atoms. The normalized spacial score (nSPS) is 13.4. The van der Waals surface area contributed by atoms with Crippen molar-refractivity contribution >= 4 is 10.0 Å². The van der Waals surface area contributed by atoms with E-state index in [1.165, 1.54) is 6.20 Å². The van der Waals surface area contributed by atoms with Gasteiger partial charge in [0.15, 0.2) is 5.03 Å². The van der Waals surface area contributed by atoms with Gasteiger partial charge in [-0.1, -0.05) is 30.3 Å². The Bertz CT molecular complexity index is 637. The Kier molecular flexibility index (Phi) is 3.98. The highest BCUT2D eigenvalue weighted by Crippen LogP contribution is 2.15. The predicted octanol–water partition coefficient (Wildman–Crippen LogP) is 0.730. The lowest BCUT2D eigenvalue weighted by atomic mass is 10.1. The van der Waals surface area contributed by atoms with Crippen LogP contribution < -0.4 is 4.72 Å². The van der Waals surface area contributed by atoms with Crippen LogP contribution in [0.25, 0.3) is 0 Å². The molecule has 0 saturated heterocycles. The predicted molar refractivity (Wildman–Crippen MR) is 69.9 cm³/mol. The fourth-order valence-corrected chi connectivity index (χ4v) is 2.87. The number of nitrogens with zero attached hydrogens (tertiary/aromatic N) is 1. The average molecular weight is 281 g/mol. The summed E-state index contributed by atoms with van der Waals surface area (Å²) in [6.45, 7) is 1.34. The standard InChI is InChI=1S/C12H15N3O3S/c1-9-13-7-12(14-9)19(17,18)15-11(8-16)10-5-3-2-4-6-10/h2-7,11,15-16H,8H2,1H3,(H,13,14)/t11-/m1/s1. The number of H-pyrrole nitrogens is 1. The van der Waals surface area contributed by atoms with Crippen LogP contribution in [0.5, 0.6) is 0 Å². The number of aliphatic hydroxyl groups is 1. The topological polar surface area (TPSA) is 95.1 Å². The summed E-state index contributed by atoms with van der Waals surface area (Å²) in [4.78, 5) is 6.51. The van der Waals surface area contributed by atoms with E-state index in [1.54, 1.807) is 31.2 Å². The summed E-state index contributed by atoms with van der Waals surface area (Å²) >= 11 is 0. The van der Waals surface area contributed by atoms with E-state index in [-0.39, 0.29) is 11.6 Å². The minimum atomic E-state index is -3.73. The van der Waals surface area contributed by atoms with Crippen molar-refractivity contribution in [2.75, 3.05) is 6.61 Å². The Balaban J connectivity index is 2.23. The second-order valence-corrected chi connectivity index (χ2v) is 5.78. The van der Waals surface area contributed by atoms with Gasteiger partial charge < -0.3 is 10.1 Å². The van der Waals surface area contributed by atoms with Gasteiger partial charge in [-0.2, -0.15) is 0 Å². The number of aryl methyl sites for hydroxylation is 1. The second kappa shape index (κ2) is 5.52. The lowest BCUT2D eigenvalue weighted by Crippen LogP contribution is -2.31. The summed E-state index contributed by atoms with van der Waals surface area (Å²) in [7, 11) is -3.73. The SMILES string of the molecule is Cc1ncc(S(=O)(=O)N[C@H](CO)c2ccccc2)[nH]1. The van der Waals surface area contributed by atoms with Crippen LogP contribution in [0.2, 0.25) is 0 Å². The zero-order chi connectivity index (χ0) is 13.9. The maximum Gasteiger partial charge on any atom is 0.258 e. The van der Waals surface area contributed by atoms with Gasteiger partial charge in [0.2, 0.25) is 0 Å². The first-order valence-corrected chi connectivity index (χ1v) is 7.21. The molecule has 7 heteroatoms. The van der Waals surface area contributed by atoms with Gasteiger partial charge in [0.25, 0.3) is 10.0 Å². The number of nitrogens with one attached hydrogen (secondary N) is 2. The fourth-order valence-electron chi connectivity index (χ4n) is 1.68. The van der Waals surface area contributed by atoms with Gasteiger partial charge in [-0.15, -0.1) is 0 Å². The molecule has 2 rings (SSSR count). The summed E-state index contributed by atoms with van der Waals surface area (Å²) in [6, 6.07) is 8.21. The molecule has 102 valence electrons. The van der Waals surface area contributed by atoms with Crippen molar-refractivity contribution in [3.63, 3.8) is 0 Å². The Labute approximate surface area is 111 Å². The summed E-state index contributed by atoms with van der Waals surface area (Å²) in [5, 5.41) is 9.33. The van der Waals surface area contributed by atoms with E-state index < -0.39 is 16.1 Å². The number of imidazole rings is 1. The number of aliphatic hydroxyl groups excluding tert-OH is 1. The minimum Gasteiger partial charge on any atom is -0.394 e. The van der Waals surface area contributed by atoms with Gasteiger partial charge in [-0.3, -0.25) is 0 Å². The van der Waals surface area contributed by atoms with Crippen molar-refractivity contribution < 1.29 is 13.5 Å². The van der Waals surface area contributed by atoms with E-state index in [0.29, 0.717) is 11.4 Å². The fraction of sp³-hybridized carbons (Fsp3) is 0.250. The van der Waals surface area contributed by atoms with Gasteiger partial charge in [-0.25, -0.2) is 18.1 Å². The number of aromatic amines is 1. The van der Waals surface area contributed by atoms with Crippen LogP contribution >= 0.6 is 0 Å². The zero-order valence-electron chi connectivity index (χ0n) is 10.4. The molecular formula is C12H15N3O3S. The van der Waals surface area contributed by atoms with Crippen molar-refractivity contribution in [2.24, 2.45) is 0 Å². The smallest absolute Gasteiger partial charge is 0.258 e. The van der Waals surface area contributed by atoms with Gasteiger partial charge in [0.05, 0.1) is 18.8 Å². The highest BCUT2D eigenvalue weighted by molar-refractivity contribution is 7.89. The molecule has 0 amide bonds. The molecule has 0 aliphatic heterocycles. The Morgan fingerprint density at radius 1 is 1.37 bits per heavy atom. The Morgan fingerprint density at radius 2 is 2.05 bits per heavy atom. The van der Waals surface area contributed by atoms with Crippen LogP contribution in [0.15, 0.2) is 41.6 Å². The van der Waals surface area contributed by atoms with Crippen LogP contribution in [0.1, 0.15) is 17.4 Å². The molecule has 1 aromatic heterocycles. The Hall–Kier alpha value is -1.70. The van der Waals surface area contributed by atoms with Crippen LogP contribution in [-0.4, -0.2) is 30.1 Å². The van der Waals surface area contributed by atoms with Gasteiger partial charge in [0.1, 0.15) is 5.82 Å². The number of benzene rings is 1. The molecule has 0 unspecified atom stereocenters. The number of aromatic nitrogens is 2. The van der Waals surface area contributed by atoms with Crippen molar-refractivity contribution in [1.82, 2.24) is 14.7 Å². The Morgan fingerprint density at radius 3 is 2.58 bits per heavy atom. The molecule has 1 heterocycles. The van der Waals surface area contributed by atoms with Crippen molar-refractivity contribution in [3.05, 3.63) is 47.9 Å². The third-order valence-corrected chi connectivity index (χ3v) is 4.03. The molecule has 0 spiro atoms. The molecule has 0 bridgehead atoms. The first kappa shape index (κ1) is 13.7. The lowest BCUT2D eigenvalue weighted by molar-refractivity contribution is 0.259. The molecule has 3 N–H and O–H groups in total. The van der Waals surface area contributed by atoms with Crippen molar-refractivity contribution in [2.45, 2.75) is 18.0 Å². The molecule has 2 aromatic rings. The molecule has 0 aliphatic rings. The van der Waals surface area contributed by atoms with Gasteiger partial charge in [0, 0.05) is 0 Å². The first-order valence-electron chi connectivity index (χ1n) is 5.72. The van der Waals surface area contributed by atoms with E-state index in [4.69, 9.17) is 0 Å². The van der Waals surface area contributed by atoms with Crippen molar-refractivity contribution in [3.8, 4) is 0 Å². The maximum atomic E-state index is 12.1. The molecule has 6 nitrogen and oxygen atoms in total. The third-order valence-electron chi connectivity index (χ3n) is 2.65. The molecule has 0 saturated carbocycles. The van der Waals surface area contributed by atoms with E-state index >= 15 is 0 Å². The molecule has 0 fully saturated rings. The number of hydrogen-bond donors (Lipinski definition) is 3. The zero-order valence-corrected chi connectivity index (χ0v) is 11.2. The first-order chi connectivity index (χ1) is 9.03. The molecule has 1 aromatic carbocycles.